The van der Waals surface area contributed by atoms with Crippen LogP contribution < -0.4 is 5.32 Å². The molecule has 1 saturated heterocycles. The second kappa shape index (κ2) is 9.53. The molecule has 4 nitrogen and oxygen atoms in total. The Morgan fingerprint density at radius 2 is 1.89 bits per heavy atom. The number of halogens is 2. The summed E-state index contributed by atoms with van der Waals surface area (Å²) in [5, 5.41) is 22.2. The Balaban J connectivity index is 0.000000200. The summed E-state index contributed by atoms with van der Waals surface area (Å²) >= 11 is 11.2. The van der Waals surface area contributed by atoms with Crippen LogP contribution in [0, 0.1) is 0 Å². The van der Waals surface area contributed by atoms with E-state index in [0.29, 0.717) is 16.7 Å². The average Bonchev–Trinajstić information content (AvgIpc) is 2.71. The molecule has 19 heavy (non-hydrogen) atoms. The molecule has 1 aromatic rings. The summed E-state index contributed by atoms with van der Waals surface area (Å²) in [7, 11) is 0. The molecule has 0 radical (unpaired) electrons. The molecule has 2 unspecified atom stereocenters. The SMILES string of the molecule is Clc1ccccc1Cl.OCC(O)C1CCNCCO1. The minimum atomic E-state index is -0.727. The maximum atomic E-state index is 9.20. The van der Waals surface area contributed by atoms with Crippen LogP contribution in [0.4, 0.5) is 0 Å². The first kappa shape index (κ1) is 16.7. The highest BCUT2D eigenvalue weighted by Crippen LogP contribution is 2.19. The van der Waals surface area contributed by atoms with Crippen molar-refractivity contribution in [3.63, 3.8) is 0 Å². The van der Waals surface area contributed by atoms with Crippen molar-refractivity contribution in [3.05, 3.63) is 34.3 Å². The standard InChI is InChI=1S/C7H15NO3.C6H4Cl2/c9-5-6(10)7-1-2-8-3-4-11-7;7-5-3-1-2-4-6(5)8/h6-10H,1-5H2;1-4H. The maximum absolute atomic E-state index is 9.20. The summed E-state index contributed by atoms with van der Waals surface area (Å²) in [6, 6.07) is 7.19. The van der Waals surface area contributed by atoms with E-state index < -0.39 is 6.10 Å². The number of aliphatic hydroxyl groups is 2. The van der Waals surface area contributed by atoms with Crippen molar-refractivity contribution in [2.45, 2.75) is 18.6 Å². The lowest BCUT2D eigenvalue weighted by molar-refractivity contribution is -0.0523. The van der Waals surface area contributed by atoms with Gasteiger partial charge in [-0.05, 0) is 25.1 Å². The molecule has 2 atom stereocenters. The lowest BCUT2D eigenvalue weighted by Gasteiger charge is -2.18. The van der Waals surface area contributed by atoms with E-state index in [0.717, 1.165) is 19.5 Å². The monoisotopic (exact) mass is 307 g/mol. The zero-order valence-corrected chi connectivity index (χ0v) is 12.1. The maximum Gasteiger partial charge on any atom is 0.103 e. The number of hydrogen-bond donors (Lipinski definition) is 3. The molecule has 1 aliphatic rings. The summed E-state index contributed by atoms with van der Waals surface area (Å²) < 4.78 is 5.28. The Hall–Kier alpha value is -0.360. The molecular weight excluding hydrogens is 289 g/mol. The lowest BCUT2D eigenvalue weighted by Crippen LogP contribution is -2.32. The van der Waals surface area contributed by atoms with Gasteiger partial charge in [-0.3, -0.25) is 0 Å². The second-order valence-electron chi connectivity index (χ2n) is 4.11. The molecule has 1 aliphatic heterocycles. The zero-order chi connectivity index (χ0) is 14.1. The first-order valence-corrected chi connectivity index (χ1v) is 6.92. The van der Waals surface area contributed by atoms with E-state index in [1.165, 1.54) is 0 Å². The quantitative estimate of drug-likeness (QED) is 0.778. The van der Waals surface area contributed by atoms with Crippen LogP contribution in [0.1, 0.15) is 6.42 Å². The first-order valence-electron chi connectivity index (χ1n) is 6.16. The van der Waals surface area contributed by atoms with Gasteiger partial charge < -0.3 is 20.3 Å². The van der Waals surface area contributed by atoms with Crippen LogP contribution in [-0.4, -0.2) is 48.7 Å². The van der Waals surface area contributed by atoms with E-state index in [1.54, 1.807) is 12.1 Å². The van der Waals surface area contributed by atoms with E-state index in [-0.39, 0.29) is 12.7 Å². The smallest absolute Gasteiger partial charge is 0.103 e. The predicted molar refractivity (Wildman–Crippen MR) is 76.8 cm³/mol. The molecule has 0 saturated carbocycles. The van der Waals surface area contributed by atoms with Gasteiger partial charge in [-0.25, -0.2) is 0 Å². The van der Waals surface area contributed by atoms with Crippen molar-refractivity contribution in [2.24, 2.45) is 0 Å². The molecule has 0 aliphatic carbocycles. The van der Waals surface area contributed by atoms with Crippen LogP contribution in [0.15, 0.2) is 24.3 Å². The van der Waals surface area contributed by atoms with Gasteiger partial charge in [0.2, 0.25) is 0 Å². The molecule has 1 fully saturated rings. The number of nitrogens with one attached hydrogen (secondary N) is 1. The van der Waals surface area contributed by atoms with Crippen molar-refractivity contribution in [2.75, 3.05) is 26.3 Å². The molecule has 3 N–H and O–H groups in total. The Morgan fingerprint density at radius 1 is 1.26 bits per heavy atom. The molecule has 0 bridgehead atoms. The van der Waals surface area contributed by atoms with Gasteiger partial charge in [0.1, 0.15) is 6.10 Å². The van der Waals surface area contributed by atoms with Gasteiger partial charge in [-0.2, -0.15) is 0 Å². The van der Waals surface area contributed by atoms with Gasteiger partial charge in [0, 0.05) is 6.54 Å². The number of benzene rings is 1. The van der Waals surface area contributed by atoms with Crippen LogP contribution in [0.25, 0.3) is 0 Å². The summed E-state index contributed by atoms with van der Waals surface area (Å²) in [4.78, 5) is 0. The number of aliphatic hydroxyl groups excluding tert-OH is 2. The third kappa shape index (κ3) is 6.56. The Morgan fingerprint density at radius 3 is 2.42 bits per heavy atom. The lowest BCUT2D eigenvalue weighted by atomic mass is 10.1. The largest absolute Gasteiger partial charge is 0.394 e. The third-order valence-corrected chi connectivity index (χ3v) is 3.41. The van der Waals surface area contributed by atoms with Crippen molar-refractivity contribution < 1.29 is 14.9 Å². The van der Waals surface area contributed by atoms with E-state index in [9.17, 15) is 5.11 Å². The molecular formula is C13H19Cl2NO3. The van der Waals surface area contributed by atoms with E-state index >= 15 is 0 Å². The fourth-order valence-corrected chi connectivity index (χ4v) is 1.87. The fourth-order valence-electron chi connectivity index (χ4n) is 1.60. The van der Waals surface area contributed by atoms with E-state index in [4.69, 9.17) is 33.0 Å². The summed E-state index contributed by atoms with van der Waals surface area (Å²) in [6.45, 7) is 2.07. The van der Waals surface area contributed by atoms with Gasteiger partial charge in [0.05, 0.1) is 29.4 Å². The Bertz CT molecular complexity index is 336. The zero-order valence-electron chi connectivity index (χ0n) is 10.6. The van der Waals surface area contributed by atoms with E-state index in [2.05, 4.69) is 5.32 Å². The van der Waals surface area contributed by atoms with Gasteiger partial charge in [-0.15, -0.1) is 0 Å². The van der Waals surface area contributed by atoms with Gasteiger partial charge in [0.15, 0.2) is 0 Å². The molecule has 0 aromatic heterocycles. The van der Waals surface area contributed by atoms with E-state index in [1.807, 2.05) is 12.1 Å². The molecule has 1 heterocycles. The van der Waals surface area contributed by atoms with Crippen LogP contribution >= 0.6 is 23.2 Å². The number of ether oxygens (including phenoxy) is 1. The molecule has 0 amide bonds. The minimum absolute atomic E-state index is 0.199. The third-order valence-electron chi connectivity index (χ3n) is 2.66. The Labute approximate surface area is 123 Å². The highest BCUT2D eigenvalue weighted by molar-refractivity contribution is 6.41. The number of rotatable bonds is 2. The van der Waals surface area contributed by atoms with Gasteiger partial charge >= 0.3 is 0 Å². The normalized spacial score (nSPS) is 20.9. The predicted octanol–water partition coefficient (Wildman–Crippen LogP) is 1.71. The van der Waals surface area contributed by atoms with Crippen LogP contribution in [0.5, 0.6) is 0 Å². The molecule has 6 heteroatoms. The van der Waals surface area contributed by atoms with Gasteiger partial charge in [0.25, 0.3) is 0 Å². The Kier molecular flexibility index (Phi) is 8.37. The van der Waals surface area contributed by atoms with Crippen molar-refractivity contribution in [3.8, 4) is 0 Å². The van der Waals surface area contributed by atoms with Crippen LogP contribution in [-0.2, 0) is 4.74 Å². The van der Waals surface area contributed by atoms with Gasteiger partial charge in [-0.1, -0.05) is 35.3 Å². The molecule has 2 rings (SSSR count). The molecule has 1 aromatic carbocycles. The molecule has 108 valence electrons. The topological polar surface area (TPSA) is 61.7 Å². The highest BCUT2D eigenvalue weighted by Gasteiger charge is 2.19. The summed E-state index contributed by atoms with van der Waals surface area (Å²) in [6.07, 6.45) is -0.160. The minimum Gasteiger partial charge on any atom is -0.394 e. The summed E-state index contributed by atoms with van der Waals surface area (Å²) in [5.41, 5.74) is 0. The summed E-state index contributed by atoms with van der Waals surface area (Å²) in [5.74, 6) is 0. The first-order chi connectivity index (χ1) is 9.15. The fraction of sp³-hybridized carbons (Fsp3) is 0.538. The highest BCUT2D eigenvalue weighted by atomic mass is 35.5. The average molecular weight is 308 g/mol. The van der Waals surface area contributed by atoms with Crippen LogP contribution in [0.2, 0.25) is 10.0 Å². The second-order valence-corrected chi connectivity index (χ2v) is 4.93. The van der Waals surface area contributed by atoms with Crippen molar-refractivity contribution >= 4 is 23.2 Å². The van der Waals surface area contributed by atoms with Crippen molar-refractivity contribution in [1.29, 1.82) is 0 Å². The molecule has 0 spiro atoms. The number of hydrogen-bond acceptors (Lipinski definition) is 4. The van der Waals surface area contributed by atoms with Crippen LogP contribution in [0.3, 0.4) is 0 Å². The van der Waals surface area contributed by atoms with Crippen molar-refractivity contribution in [1.82, 2.24) is 5.32 Å².